The third-order valence-electron chi connectivity index (χ3n) is 4.37. The van der Waals surface area contributed by atoms with Crippen molar-refractivity contribution >= 4 is 5.91 Å². The molecule has 0 saturated heterocycles. The van der Waals surface area contributed by atoms with Crippen molar-refractivity contribution in [2.24, 2.45) is 5.92 Å². The van der Waals surface area contributed by atoms with Crippen LogP contribution in [-0.2, 0) is 0 Å². The highest BCUT2D eigenvalue weighted by Crippen LogP contribution is 2.43. The topological polar surface area (TPSA) is 74.5 Å². The van der Waals surface area contributed by atoms with Crippen molar-refractivity contribution in [2.75, 3.05) is 13.2 Å². The summed E-state index contributed by atoms with van der Waals surface area (Å²) in [5.41, 5.74) is 1.50. The minimum Gasteiger partial charge on any atom is -0.619 e. The molecule has 1 aromatic heterocycles. The number of carbonyl (C=O) groups excluding carboxylic acids is 1. The zero-order chi connectivity index (χ0) is 16.5. The first kappa shape index (κ1) is 14.8. The first-order valence-corrected chi connectivity index (χ1v) is 8.10. The molecule has 1 aliphatic carbocycles. The Morgan fingerprint density at radius 3 is 2.54 bits per heavy atom. The third kappa shape index (κ3) is 2.99. The molecule has 124 valence electrons. The van der Waals surface area contributed by atoms with Crippen LogP contribution in [0.4, 0.5) is 0 Å². The van der Waals surface area contributed by atoms with E-state index in [-0.39, 0.29) is 11.9 Å². The highest BCUT2D eigenvalue weighted by Gasteiger charge is 2.34. The van der Waals surface area contributed by atoms with E-state index in [9.17, 15) is 10.0 Å². The molecule has 1 aromatic carbocycles. The molecule has 0 bridgehead atoms. The molecule has 1 amide bonds. The number of fused-ring (bicyclic) bond motifs is 1. The standard InChI is InChI=1S/C18H18N2O4/c21-18(13-5-7-20(22)8-6-13)19-17(12-1-2-12)14-3-4-15-16(11-14)24-10-9-23-15/h3-8,11-12,17H,1-2,9-10H2,(H,19,21). The normalized spacial score (nSPS) is 17.2. The number of nitrogens with one attached hydrogen (secondary N) is 1. The lowest BCUT2D eigenvalue weighted by molar-refractivity contribution is -0.605. The second-order valence-corrected chi connectivity index (χ2v) is 6.14. The molecule has 1 saturated carbocycles. The number of amides is 1. The zero-order valence-corrected chi connectivity index (χ0v) is 13.1. The first-order valence-electron chi connectivity index (χ1n) is 8.10. The summed E-state index contributed by atoms with van der Waals surface area (Å²) in [4.78, 5) is 12.5. The van der Waals surface area contributed by atoms with Crippen LogP contribution in [0.5, 0.6) is 11.5 Å². The smallest absolute Gasteiger partial charge is 0.252 e. The largest absolute Gasteiger partial charge is 0.619 e. The highest BCUT2D eigenvalue weighted by molar-refractivity contribution is 5.94. The van der Waals surface area contributed by atoms with Gasteiger partial charge in [0.15, 0.2) is 23.9 Å². The van der Waals surface area contributed by atoms with Gasteiger partial charge in [-0.05, 0) is 36.5 Å². The second kappa shape index (κ2) is 6.03. The van der Waals surface area contributed by atoms with Crippen LogP contribution in [0.15, 0.2) is 42.7 Å². The fraction of sp³-hybridized carbons (Fsp3) is 0.333. The molecule has 4 rings (SSSR count). The molecular weight excluding hydrogens is 308 g/mol. The van der Waals surface area contributed by atoms with E-state index in [4.69, 9.17) is 9.47 Å². The summed E-state index contributed by atoms with van der Waals surface area (Å²) in [6.45, 7) is 1.10. The molecule has 1 aliphatic heterocycles. The molecular formula is C18H18N2O4. The fourth-order valence-corrected chi connectivity index (χ4v) is 2.95. The lowest BCUT2D eigenvalue weighted by atomic mass is 10.0. The van der Waals surface area contributed by atoms with E-state index >= 15 is 0 Å². The quantitative estimate of drug-likeness (QED) is 0.688. The van der Waals surface area contributed by atoms with Crippen molar-refractivity contribution in [3.05, 3.63) is 59.1 Å². The number of rotatable bonds is 4. The molecule has 1 fully saturated rings. The van der Waals surface area contributed by atoms with Gasteiger partial charge in [-0.1, -0.05) is 6.07 Å². The molecule has 6 heteroatoms. The van der Waals surface area contributed by atoms with Crippen LogP contribution >= 0.6 is 0 Å². The zero-order valence-electron chi connectivity index (χ0n) is 13.1. The summed E-state index contributed by atoms with van der Waals surface area (Å²) in [5, 5.41) is 14.2. The van der Waals surface area contributed by atoms with Crippen molar-refractivity contribution in [2.45, 2.75) is 18.9 Å². The Bertz CT molecular complexity index is 756. The summed E-state index contributed by atoms with van der Waals surface area (Å²) >= 11 is 0. The minimum atomic E-state index is -0.178. The van der Waals surface area contributed by atoms with Crippen molar-refractivity contribution in [1.82, 2.24) is 5.32 Å². The molecule has 6 nitrogen and oxygen atoms in total. The number of hydrogen-bond donors (Lipinski definition) is 1. The summed E-state index contributed by atoms with van der Waals surface area (Å²) in [6.07, 6.45) is 4.83. The van der Waals surface area contributed by atoms with E-state index in [2.05, 4.69) is 5.32 Å². The SMILES string of the molecule is O=C(NC(c1ccc2c(c1)OCCO2)C1CC1)c1cc[n+]([O-])cc1. The lowest BCUT2D eigenvalue weighted by Gasteiger charge is -2.23. The van der Waals surface area contributed by atoms with Gasteiger partial charge < -0.3 is 20.0 Å². The lowest BCUT2D eigenvalue weighted by Crippen LogP contribution is -2.31. The molecule has 0 radical (unpaired) electrons. The van der Waals surface area contributed by atoms with E-state index in [1.165, 1.54) is 24.5 Å². The number of carbonyl (C=O) groups is 1. The van der Waals surface area contributed by atoms with Crippen LogP contribution in [0.25, 0.3) is 0 Å². The predicted octanol–water partition coefficient (Wildman–Crippen LogP) is 1.97. The third-order valence-corrected chi connectivity index (χ3v) is 4.37. The molecule has 2 aliphatic rings. The molecule has 2 aromatic rings. The van der Waals surface area contributed by atoms with Gasteiger partial charge in [0.05, 0.1) is 11.6 Å². The van der Waals surface area contributed by atoms with Crippen molar-refractivity contribution < 1.29 is 19.0 Å². The van der Waals surface area contributed by atoms with Gasteiger partial charge >= 0.3 is 0 Å². The maximum Gasteiger partial charge on any atom is 0.252 e. The average Bonchev–Trinajstić information content (AvgIpc) is 3.44. The van der Waals surface area contributed by atoms with Crippen LogP contribution in [0.2, 0.25) is 0 Å². The minimum absolute atomic E-state index is 0.0621. The van der Waals surface area contributed by atoms with Gasteiger partial charge in [-0.25, -0.2) is 0 Å². The van der Waals surface area contributed by atoms with E-state index in [0.717, 1.165) is 29.9 Å². The maximum atomic E-state index is 12.5. The van der Waals surface area contributed by atoms with Gasteiger partial charge in [0.25, 0.3) is 5.91 Å². The first-order chi connectivity index (χ1) is 11.7. The van der Waals surface area contributed by atoms with Crippen LogP contribution < -0.4 is 19.5 Å². The van der Waals surface area contributed by atoms with Crippen molar-refractivity contribution in [1.29, 1.82) is 0 Å². The van der Waals surface area contributed by atoms with Gasteiger partial charge in [-0.2, -0.15) is 4.73 Å². The molecule has 0 spiro atoms. The van der Waals surface area contributed by atoms with Crippen LogP contribution in [-0.4, -0.2) is 19.1 Å². The number of nitrogens with zero attached hydrogens (tertiary/aromatic N) is 1. The van der Waals surface area contributed by atoms with Gasteiger partial charge in [0.1, 0.15) is 13.2 Å². The Morgan fingerprint density at radius 1 is 1.12 bits per heavy atom. The molecule has 1 atom stereocenters. The Balaban J connectivity index is 1.56. The average molecular weight is 326 g/mol. The number of ether oxygens (including phenoxy) is 2. The van der Waals surface area contributed by atoms with Gasteiger partial charge in [0, 0.05) is 12.1 Å². The Hall–Kier alpha value is -2.76. The monoisotopic (exact) mass is 326 g/mol. The molecule has 2 heterocycles. The van der Waals surface area contributed by atoms with Crippen LogP contribution in [0, 0.1) is 11.1 Å². The van der Waals surface area contributed by atoms with Crippen LogP contribution in [0.3, 0.4) is 0 Å². The Kier molecular flexibility index (Phi) is 3.72. The number of benzene rings is 1. The summed E-state index contributed by atoms with van der Waals surface area (Å²) in [5.74, 6) is 1.73. The molecule has 1 unspecified atom stereocenters. The maximum absolute atomic E-state index is 12.5. The molecule has 1 N–H and O–H groups in total. The van der Waals surface area contributed by atoms with Crippen molar-refractivity contribution in [3.63, 3.8) is 0 Å². The summed E-state index contributed by atoms with van der Waals surface area (Å²) < 4.78 is 11.9. The van der Waals surface area contributed by atoms with E-state index in [0.29, 0.717) is 29.4 Å². The van der Waals surface area contributed by atoms with Gasteiger partial charge in [-0.3, -0.25) is 4.79 Å². The number of hydrogen-bond acceptors (Lipinski definition) is 4. The van der Waals surface area contributed by atoms with Gasteiger partial charge in [-0.15, -0.1) is 0 Å². The predicted molar refractivity (Wildman–Crippen MR) is 85.8 cm³/mol. The number of aromatic nitrogens is 1. The fourth-order valence-electron chi connectivity index (χ4n) is 2.95. The summed E-state index contributed by atoms with van der Waals surface area (Å²) in [7, 11) is 0. The highest BCUT2D eigenvalue weighted by atomic mass is 16.6. The van der Waals surface area contributed by atoms with Gasteiger partial charge in [0.2, 0.25) is 0 Å². The van der Waals surface area contributed by atoms with E-state index < -0.39 is 0 Å². The van der Waals surface area contributed by atoms with E-state index in [1.807, 2.05) is 18.2 Å². The van der Waals surface area contributed by atoms with Crippen molar-refractivity contribution in [3.8, 4) is 11.5 Å². The Labute approximate surface area is 139 Å². The van der Waals surface area contributed by atoms with E-state index in [1.54, 1.807) is 0 Å². The van der Waals surface area contributed by atoms with Crippen LogP contribution in [0.1, 0.15) is 34.8 Å². The molecule has 24 heavy (non-hydrogen) atoms. The summed E-state index contributed by atoms with van der Waals surface area (Å²) in [6, 6.07) is 8.82. The second-order valence-electron chi connectivity index (χ2n) is 6.14. The number of pyridine rings is 1. The Morgan fingerprint density at radius 2 is 1.83 bits per heavy atom.